The Morgan fingerprint density at radius 1 is 0.767 bits per heavy atom. The highest BCUT2D eigenvalue weighted by Gasteiger charge is 2.63. The number of hydrogen-bond acceptors (Lipinski definition) is 15. The number of anilines is 1. The third kappa shape index (κ3) is 11.0. The predicted molar refractivity (Wildman–Crippen MR) is 220 cm³/mol. The first-order chi connectivity index (χ1) is 28.7. The number of carbonyl (C=O) groups is 5. The van der Waals surface area contributed by atoms with E-state index in [-0.39, 0.29) is 17.1 Å². The normalized spacial score (nSPS) is 17.5. The van der Waals surface area contributed by atoms with Gasteiger partial charge in [0.25, 0.3) is 5.69 Å². The van der Waals surface area contributed by atoms with Crippen LogP contribution < -0.4 is 5.32 Å². The number of rotatable bonds is 17. The Morgan fingerprint density at radius 3 is 1.88 bits per heavy atom. The highest BCUT2D eigenvalue weighted by Crippen LogP contribution is 2.60. The second-order valence-corrected chi connectivity index (χ2v) is 14.8. The number of ether oxygens (including phenoxy) is 4. The molecule has 0 radical (unpaired) electrons. The van der Waals surface area contributed by atoms with Crippen LogP contribution in [0.15, 0.2) is 136 Å². The van der Waals surface area contributed by atoms with Crippen LogP contribution in [0.3, 0.4) is 0 Å². The van der Waals surface area contributed by atoms with Crippen molar-refractivity contribution in [3.63, 3.8) is 0 Å². The predicted octanol–water partition coefficient (Wildman–Crippen LogP) is 7.24. The summed E-state index contributed by atoms with van der Waals surface area (Å²) < 4.78 is 21.1. The molecule has 0 fully saturated rings. The SMILES string of the molecule is CC(=O)OC[C@@H](OC(C)=O)[C@H](OC(C)=O)[C@H](OC(C)=O)[C@@H]1C(N=Nc2ccccc2)=C(N(C)Cc2ccccc2)S[C@]1(C(=O)Nc1ccc([N+](=O)[O-])cc1)c1ccccc1. The molecule has 17 heteroatoms. The molecule has 312 valence electrons. The van der Waals surface area contributed by atoms with Crippen LogP contribution in [0, 0.1) is 16.0 Å². The van der Waals surface area contributed by atoms with Gasteiger partial charge in [-0.3, -0.25) is 34.1 Å². The van der Waals surface area contributed by atoms with Crippen LogP contribution in [-0.2, 0) is 54.2 Å². The number of azo groups is 1. The van der Waals surface area contributed by atoms with E-state index in [4.69, 9.17) is 24.1 Å². The van der Waals surface area contributed by atoms with Gasteiger partial charge in [-0.1, -0.05) is 90.6 Å². The van der Waals surface area contributed by atoms with E-state index in [0.29, 0.717) is 22.8 Å². The lowest BCUT2D eigenvalue weighted by Crippen LogP contribution is -2.56. The Bertz CT molecular complexity index is 2240. The van der Waals surface area contributed by atoms with E-state index in [1.165, 1.54) is 24.3 Å². The molecule has 0 saturated heterocycles. The van der Waals surface area contributed by atoms with Crippen molar-refractivity contribution in [2.75, 3.05) is 19.0 Å². The van der Waals surface area contributed by atoms with Gasteiger partial charge in [0.15, 0.2) is 18.3 Å². The lowest BCUT2D eigenvalue weighted by atomic mass is 9.76. The molecule has 5 rings (SSSR count). The van der Waals surface area contributed by atoms with Crippen molar-refractivity contribution in [3.8, 4) is 0 Å². The van der Waals surface area contributed by atoms with E-state index in [2.05, 4.69) is 10.4 Å². The van der Waals surface area contributed by atoms with Gasteiger partial charge in [0.2, 0.25) is 5.91 Å². The van der Waals surface area contributed by atoms with E-state index < -0.39 is 70.3 Å². The molecule has 4 aromatic carbocycles. The van der Waals surface area contributed by atoms with Crippen molar-refractivity contribution in [3.05, 3.63) is 147 Å². The summed E-state index contributed by atoms with van der Waals surface area (Å²) in [5.74, 6) is -5.50. The first-order valence-electron chi connectivity index (χ1n) is 18.6. The van der Waals surface area contributed by atoms with E-state index in [0.717, 1.165) is 45.0 Å². The molecule has 4 aromatic rings. The van der Waals surface area contributed by atoms with E-state index in [1.807, 2.05) is 35.2 Å². The van der Waals surface area contributed by atoms with Gasteiger partial charge in [-0.15, -0.1) is 0 Å². The Labute approximate surface area is 350 Å². The van der Waals surface area contributed by atoms with Gasteiger partial charge in [0.1, 0.15) is 17.1 Å². The Kier molecular flexibility index (Phi) is 14.9. The quantitative estimate of drug-likeness (QED) is 0.0367. The maximum atomic E-state index is 15.5. The summed E-state index contributed by atoms with van der Waals surface area (Å²) in [5.41, 5.74) is 1.78. The third-order valence-corrected chi connectivity index (χ3v) is 10.8. The average Bonchev–Trinajstić information content (AvgIpc) is 3.57. The zero-order chi connectivity index (χ0) is 43.4. The molecule has 1 N–H and O–H groups in total. The van der Waals surface area contributed by atoms with Crippen LogP contribution in [-0.4, -0.2) is 71.6 Å². The number of nitrogens with zero attached hydrogens (tertiary/aromatic N) is 4. The highest BCUT2D eigenvalue weighted by molar-refractivity contribution is 8.04. The maximum absolute atomic E-state index is 15.5. The van der Waals surface area contributed by atoms with Gasteiger partial charge in [0, 0.05) is 59.1 Å². The topological polar surface area (TPSA) is 205 Å². The van der Waals surface area contributed by atoms with E-state index in [1.54, 1.807) is 67.7 Å². The van der Waals surface area contributed by atoms with Crippen LogP contribution in [0.2, 0.25) is 0 Å². The second kappa shape index (κ2) is 20.2. The summed E-state index contributed by atoms with van der Waals surface area (Å²) in [7, 11) is 1.78. The molecule has 0 spiro atoms. The molecule has 0 bridgehead atoms. The van der Waals surface area contributed by atoms with Crippen LogP contribution in [0.4, 0.5) is 17.1 Å². The minimum absolute atomic E-state index is 0.113. The average molecular weight is 838 g/mol. The summed E-state index contributed by atoms with van der Waals surface area (Å²) in [6, 6.07) is 31.9. The standard InChI is InChI=1S/C43H43N5O11S/c1-27(49)56-26-36(57-28(2)50)39(58-29(3)51)40(59-30(4)52)37-38(46-45-34-19-13-8-14-20-34)41(47(5)25-31-15-9-6-10-16-31)60-43(37,32-17-11-7-12-18-32)42(53)44-33-21-23-35(24-22-33)48(54)55/h6-24,36-37,39-40H,25-26H2,1-5H3,(H,44,53)/t36-,37+,39+,40-,43-/m1/s1. The number of benzene rings is 4. The van der Waals surface area contributed by atoms with Crippen molar-refractivity contribution in [1.82, 2.24) is 4.90 Å². The molecule has 1 heterocycles. The molecule has 0 saturated carbocycles. The molecular formula is C43H43N5O11S. The summed E-state index contributed by atoms with van der Waals surface area (Å²) in [6.07, 6.45) is -5.01. The Balaban J connectivity index is 1.87. The lowest BCUT2D eigenvalue weighted by Gasteiger charge is -2.41. The molecule has 1 aliphatic rings. The number of thioether (sulfide) groups is 1. The van der Waals surface area contributed by atoms with Crippen molar-refractivity contribution in [2.45, 2.75) is 57.3 Å². The smallest absolute Gasteiger partial charge is 0.303 e. The highest BCUT2D eigenvalue weighted by atomic mass is 32.2. The van der Waals surface area contributed by atoms with Crippen LogP contribution in [0.25, 0.3) is 0 Å². The fourth-order valence-electron chi connectivity index (χ4n) is 6.70. The van der Waals surface area contributed by atoms with Crippen LogP contribution in [0.1, 0.15) is 38.8 Å². The summed E-state index contributed by atoms with van der Waals surface area (Å²) in [5, 5.41) is 24.2. The van der Waals surface area contributed by atoms with Gasteiger partial charge >= 0.3 is 23.9 Å². The summed E-state index contributed by atoms with van der Waals surface area (Å²) in [4.78, 5) is 79.5. The maximum Gasteiger partial charge on any atom is 0.303 e. The minimum Gasteiger partial charge on any atom is -0.462 e. The first-order valence-corrected chi connectivity index (χ1v) is 19.4. The minimum atomic E-state index is -1.89. The van der Waals surface area contributed by atoms with Gasteiger partial charge in [-0.05, 0) is 35.4 Å². The Morgan fingerprint density at radius 2 is 1.33 bits per heavy atom. The number of non-ortho nitro benzene ring substituents is 1. The van der Waals surface area contributed by atoms with Gasteiger partial charge < -0.3 is 29.2 Å². The summed E-state index contributed by atoms with van der Waals surface area (Å²) >= 11 is 1.07. The second-order valence-electron chi connectivity index (χ2n) is 13.6. The van der Waals surface area contributed by atoms with Crippen LogP contribution in [0.5, 0.6) is 0 Å². The molecule has 60 heavy (non-hydrogen) atoms. The number of nitro groups is 1. The number of amides is 1. The van der Waals surface area contributed by atoms with Gasteiger partial charge in [0.05, 0.1) is 21.6 Å². The molecule has 16 nitrogen and oxygen atoms in total. The molecule has 0 aliphatic carbocycles. The molecule has 1 aliphatic heterocycles. The molecule has 0 aromatic heterocycles. The molecule has 1 amide bonds. The number of carbonyl (C=O) groups excluding carboxylic acids is 5. The largest absolute Gasteiger partial charge is 0.462 e. The van der Waals surface area contributed by atoms with E-state index >= 15 is 4.79 Å². The van der Waals surface area contributed by atoms with E-state index in [9.17, 15) is 29.3 Å². The first kappa shape index (κ1) is 44.2. The van der Waals surface area contributed by atoms with Crippen molar-refractivity contribution >= 4 is 58.6 Å². The monoisotopic (exact) mass is 837 g/mol. The Hall–Kier alpha value is -6.88. The molecule has 0 unspecified atom stereocenters. The molecule has 5 atom stereocenters. The van der Waals surface area contributed by atoms with Crippen molar-refractivity contribution in [1.29, 1.82) is 0 Å². The number of hydrogen-bond donors (Lipinski definition) is 1. The number of esters is 4. The van der Waals surface area contributed by atoms with Crippen molar-refractivity contribution in [2.24, 2.45) is 16.1 Å². The number of nitrogens with one attached hydrogen (secondary N) is 1. The number of nitro benzene ring substituents is 1. The lowest BCUT2D eigenvalue weighted by molar-refractivity contribution is -0.384. The van der Waals surface area contributed by atoms with Gasteiger partial charge in [-0.2, -0.15) is 10.2 Å². The zero-order valence-electron chi connectivity index (χ0n) is 33.4. The van der Waals surface area contributed by atoms with Crippen molar-refractivity contribution < 1.29 is 47.8 Å². The molecular weight excluding hydrogens is 795 g/mol. The van der Waals surface area contributed by atoms with Crippen LogP contribution >= 0.6 is 11.8 Å². The fourth-order valence-corrected chi connectivity index (χ4v) is 8.27. The third-order valence-electron chi connectivity index (χ3n) is 9.12. The summed E-state index contributed by atoms with van der Waals surface area (Å²) in [6.45, 7) is 4.09. The zero-order valence-corrected chi connectivity index (χ0v) is 34.2. The van der Waals surface area contributed by atoms with Gasteiger partial charge in [-0.25, -0.2) is 0 Å². The fraction of sp³-hybridized carbons (Fsp3) is 0.279.